The van der Waals surface area contributed by atoms with Gasteiger partial charge in [0.25, 0.3) is 0 Å². The summed E-state index contributed by atoms with van der Waals surface area (Å²) in [4.78, 5) is -0.101. The highest BCUT2D eigenvalue weighted by Gasteiger charge is 2.27. The van der Waals surface area contributed by atoms with E-state index < -0.39 is 12.8 Å². The third-order valence-electron chi connectivity index (χ3n) is 2.50. The minimum Gasteiger partial charge on any atom is -0.496 e. The molecule has 1 rings (SSSR count). The second-order valence-corrected chi connectivity index (χ2v) is 5.27. The Morgan fingerprint density at radius 1 is 1.32 bits per heavy atom. The van der Waals surface area contributed by atoms with Crippen LogP contribution >= 0.6 is 15.9 Å². The molecule has 0 amide bonds. The largest absolute Gasteiger partial charge is 0.496 e. The van der Waals surface area contributed by atoms with E-state index in [1.54, 1.807) is 7.11 Å². The molecule has 1 atom stereocenters. The fourth-order valence-corrected chi connectivity index (χ4v) is 2.17. The molecule has 0 fully saturated rings. The average Bonchev–Trinajstić information content (AvgIpc) is 2.33. The van der Waals surface area contributed by atoms with Crippen LogP contribution in [0.4, 0.5) is 13.2 Å². The second-order valence-electron chi connectivity index (χ2n) is 4.17. The lowest BCUT2D eigenvalue weighted by atomic mass is 10.1. The van der Waals surface area contributed by atoms with Crippen molar-refractivity contribution in [3.63, 3.8) is 0 Å². The number of benzene rings is 1. The zero-order chi connectivity index (χ0) is 14.5. The maximum Gasteiger partial charge on any atom is 0.411 e. The van der Waals surface area contributed by atoms with Crippen molar-refractivity contribution in [1.29, 1.82) is 0 Å². The van der Waals surface area contributed by atoms with E-state index in [0.29, 0.717) is 12.2 Å². The third-order valence-corrected chi connectivity index (χ3v) is 3.46. The van der Waals surface area contributed by atoms with E-state index in [2.05, 4.69) is 20.7 Å². The molecule has 1 unspecified atom stereocenters. The van der Waals surface area contributed by atoms with E-state index in [9.17, 15) is 13.2 Å². The predicted octanol–water partition coefficient (Wildman–Crippen LogP) is 4.41. The Kier molecular flexibility index (Phi) is 6.13. The quantitative estimate of drug-likeness (QED) is 0.564. The van der Waals surface area contributed by atoms with Gasteiger partial charge in [0.05, 0.1) is 7.11 Å². The first-order valence-corrected chi connectivity index (χ1v) is 6.68. The number of halogens is 4. The number of hydrogen-bond donors (Lipinski definition) is 0. The maximum absolute atomic E-state index is 11.9. The van der Waals surface area contributed by atoms with Gasteiger partial charge in [-0.15, -0.1) is 0 Å². The van der Waals surface area contributed by atoms with E-state index in [0.717, 1.165) is 11.1 Å². The summed E-state index contributed by atoms with van der Waals surface area (Å²) in [5.74, 6) is 0.711. The van der Waals surface area contributed by atoms with Gasteiger partial charge in [0, 0.05) is 17.0 Å². The molecular weight excluding hydrogens is 325 g/mol. The van der Waals surface area contributed by atoms with Gasteiger partial charge >= 0.3 is 6.18 Å². The van der Waals surface area contributed by atoms with Gasteiger partial charge in [0.2, 0.25) is 0 Å². The normalized spacial score (nSPS) is 13.4. The predicted molar refractivity (Wildman–Crippen MR) is 70.9 cm³/mol. The second kappa shape index (κ2) is 7.14. The van der Waals surface area contributed by atoms with E-state index in [1.165, 1.54) is 0 Å². The van der Waals surface area contributed by atoms with Crippen molar-refractivity contribution in [2.45, 2.75) is 24.3 Å². The van der Waals surface area contributed by atoms with Gasteiger partial charge in [-0.1, -0.05) is 33.6 Å². The lowest BCUT2D eigenvalue weighted by molar-refractivity contribution is -0.174. The van der Waals surface area contributed by atoms with Gasteiger partial charge < -0.3 is 9.47 Å². The maximum atomic E-state index is 11.9. The number of alkyl halides is 4. The lowest BCUT2D eigenvalue weighted by Gasteiger charge is -2.15. The highest BCUT2D eigenvalue weighted by molar-refractivity contribution is 9.09. The first-order valence-electron chi connectivity index (χ1n) is 5.76. The summed E-state index contributed by atoms with van der Waals surface area (Å²) in [6, 6.07) is 5.71. The molecule has 2 nitrogen and oxygen atoms in total. The summed E-state index contributed by atoms with van der Waals surface area (Å²) < 4.78 is 45.6. The molecule has 1 aromatic rings. The Morgan fingerprint density at radius 3 is 2.58 bits per heavy atom. The molecular formula is C13H16BrF3O2. The summed E-state index contributed by atoms with van der Waals surface area (Å²) in [5.41, 5.74) is 1.98. The average molecular weight is 341 g/mol. The van der Waals surface area contributed by atoms with E-state index >= 15 is 0 Å². The SMILES string of the molecule is COc1ccc(C)cc1C(Br)CCOCC(F)(F)F. The lowest BCUT2D eigenvalue weighted by Crippen LogP contribution is -2.17. The number of hydrogen-bond acceptors (Lipinski definition) is 2. The summed E-state index contributed by atoms with van der Waals surface area (Å²) >= 11 is 3.45. The van der Waals surface area contributed by atoms with Gasteiger partial charge in [0.1, 0.15) is 12.4 Å². The van der Waals surface area contributed by atoms with Gasteiger partial charge in [-0.05, 0) is 19.4 Å². The molecule has 0 aromatic heterocycles. The van der Waals surface area contributed by atoms with Crippen LogP contribution in [0.2, 0.25) is 0 Å². The molecule has 0 saturated heterocycles. The molecule has 0 aliphatic carbocycles. The van der Waals surface area contributed by atoms with Crippen LogP contribution in [0.15, 0.2) is 18.2 Å². The molecule has 0 N–H and O–H groups in total. The molecule has 0 aliphatic rings. The summed E-state index contributed by atoms with van der Waals surface area (Å²) in [7, 11) is 1.56. The van der Waals surface area contributed by atoms with Gasteiger partial charge in [-0.2, -0.15) is 13.2 Å². The first kappa shape index (κ1) is 16.3. The molecule has 0 spiro atoms. The number of rotatable bonds is 6. The smallest absolute Gasteiger partial charge is 0.411 e. The summed E-state index contributed by atoms with van der Waals surface area (Å²) in [5, 5.41) is 0. The molecule has 6 heteroatoms. The molecule has 0 aliphatic heterocycles. The van der Waals surface area contributed by atoms with Crippen LogP contribution in [0.3, 0.4) is 0 Å². The zero-order valence-electron chi connectivity index (χ0n) is 10.8. The van der Waals surface area contributed by atoms with Gasteiger partial charge in [0.15, 0.2) is 0 Å². The molecule has 0 bridgehead atoms. The van der Waals surface area contributed by atoms with Crippen molar-refractivity contribution in [2.75, 3.05) is 20.3 Å². The van der Waals surface area contributed by atoms with Crippen LogP contribution in [-0.4, -0.2) is 26.5 Å². The summed E-state index contributed by atoms with van der Waals surface area (Å²) in [6.45, 7) is 0.771. The van der Waals surface area contributed by atoms with Crippen molar-refractivity contribution in [3.8, 4) is 5.75 Å². The fraction of sp³-hybridized carbons (Fsp3) is 0.538. The van der Waals surface area contributed by atoms with Crippen LogP contribution < -0.4 is 4.74 Å². The minimum absolute atomic E-state index is 0.0342. The standard InChI is InChI=1S/C13H16BrF3O2/c1-9-3-4-12(18-2)10(7-9)11(14)5-6-19-8-13(15,16)17/h3-4,7,11H,5-6,8H2,1-2H3. The van der Waals surface area contributed by atoms with Crippen molar-refractivity contribution in [1.82, 2.24) is 0 Å². The molecule has 108 valence electrons. The Balaban J connectivity index is 2.53. The van der Waals surface area contributed by atoms with Crippen LogP contribution in [0.25, 0.3) is 0 Å². The third kappa shape index (κ3) is 5.82. The molecule has 19 heavy (non-hydrogen) atoms. The van der Waals surface area contributed by atoms with Crippen molar-refractivity contribution in [3.05, 3.63) is 29.3 Å². The van der Waals surface area contributed by atoms with Crippen molar-refractivity contribution < 1.29 is 22.6 Å². The van der Waals surface area contributed by atoms with Crippen molar-refractivity contribution >= 4 is 15.9 Å². The van der Waals surface area contributed by atoms with E-state index in [1.807, 2.05) is 25.1 Å². The Bertz CT molecular complexity index is 407. The van der Waals surface area contributed by atoms with Crippen molar-refractivity contribution in [2.24, 2.45) is 0 Å². The van der Waals surface area contributed by atoms with E-state index in [4.69, 9.17) is 4.74 Å². The van der Waals surface area contributed by atoms with Gasteiger partial charge in [-0.25, -0.2) is 0 Å². The monoisotopic (exact) mass is 340 g/mol. The van der Waals surface area contributed by atoms with Gasteiger partial charge in [-0.3, -0.25) is 0 Å². The highest BCUT2D eigenvalue weighted by Crippen LogP contribution is 2.34. The Morgan fingerprint density at radius 2 is 2.00 bits per heavy atom. The number of ether oxygens (including phenoxy) is 2. The zero-order valence-corrected chi connectivity index (χ0v) is 12.3. The van der Waals surface area contributed by atoms with Crippen LogP contribution in [0, 0.1) is 6.92 Å². The van der Waals surface area contributed by atoms with E-state index in [-0.39, 0.29) is 11.4 Å². The molecule has 0 saturated carbocycles. The van der Waals surface area contributed by atoms with Crippen LogP contribution in [-0.2, 0) is 4.74 Å². The molecule has 0 heterocycles. The highest BCUT2D eigenvalue weighted by atomic mass is 79.9. The minimum atomic E-state index is -4.27. The Hall–Kier alpha value is -0.750. The Labute approximate surface area is 119 Å². The van der Waals surface area contributed by atoms with Crippen LogP contribution in [0.5, 0.6) is 5.75 Å². The summed E-state index contributed by atoms with van der Waals surface area (Å²) in [6.07, 6.45) is -3.83. The van der Waals surface area contributed by atoms with Crippen LogP contribution in [0.1, 0.15) is 22.4 Å². The fourth-order valence-electron chi connectivity index (χ4n) is 1.63. The molecule has 1 aromatic carbocycles. The topological polar surface area (TPSA) is 18.5 Å². The number of aryl methyl sites for hydroxylation is 1. The number of methoxy groups -OCH3 is 1. The molecule has 0 radical (unpaired) electrons. The first-order chi connectivity index (χ1) is 8.83.